The third kappa shape index (κ3) is 6.96. The van der Waals surface area contributed by atoms with Crippen LogP contribution in [-0.4, -0.2) is 6.61 Å². The second-order valence-electron chi connectivity index (χ2n) is 8.83. The lowest BCUT2D eigenvalue weighted by atomic mass is 9.69. The third-order valence-electron chi connectivity index (χ3n) is 4.15. The highest BCUT2D eigenvalue weighted by atomic mass is 16.5. The summed E-state index contributed by atoms with van der Waals surface area (Å²) in [6.45, 7) is 17.9. The summed E-state index contributed by atoms with van der Waals surface area (Å²) in [4.78, 5) is 0. The highest BCUT2D eigenvalue weighted by Crippen LogP contribution is 2.43. The molecule has 0 heterocycles. The van der Waals surface area contributed by atoms with Gasteiger partial charge in [0.05, 0.1) is 6.61 Å². The normalized spacial score (nSPS) is 14.1. The Balaban J connectivity index is 2.76. The van der Waals surface area contributed by atoms with E-state index in [1.54, 1.807) is 0 Å². The molecule has 0 N–H and O–H groups in total. The fraction of sp³-hybridized carbons (Fsp3) is 0.714. The first-order valence-electron chi connectivity index (χ1n) is 8.80. The minimum atomic E-state index is 0.284. The van der Waals surface area contributed by atoms with Crippen LogP contribution in [0.3, 0.4) is 0 Å². The molecule has 0 aliphatic rings. The summed E-state index contributed by atoms with van der Waals surface area (Å²) in [5.41, 5.74) is 3.37. The molecule has 1 aromatic rings. The number of rotatable bonds is 7. The smallest absolute Gasteiger partial charge is 0.0716 e. The average Bonchev–Trinajstić information content (AvgIpc) is 2.40. The molecule has 0 saturated heterocycles. The molecule has 0 bridgehead atoms. The number of hydrogen-bond donors (Lipinski definition) is 0. The molecule has 0 amide bonds. The van der Waals surface area contributed by atoms with Crippen LogP contribution in [0.25, 0.3) is 0 Å². The monoisotopic (exact) mass is 304 g/mol. The lowest BCUT2D eigenvalue weighted by Crippen LogP contribution is -2.23. The van der Waals surface area contributed by atoms with Gasteiger partial charge in [-0.2, -0.15) is 0 Å². The molecule has 0 radical (unpaired) electrons. The largest absolute Gasteiger partial charge is 0.377 e. The SMILES string of the molecule is CCCCOCc1ccc(C(CC(C)(C)C)C(C)(C)C)cc1. The maximum Gasteiger partial charge on any atom is 0.0716 e. The van der Waals surface area contributed by atoms with E-state index in [0.29, 0.717) is 11.3 Å². The highest BCUT2D eigenvalue weighted by molar-refractivity contribution is 5.26. The molecule has 1 unspecified atom stereocenters. The molecule has 1 rings (SSSR count). The van der Waals surface area contributed by atoms with Crippen molar-refractivity contribution in [2.45, 2.75) is 80.3 Å². The Kier molecular flexibility index (Phi) is 7.12. The minimum absolute atomic E-state index is 0.284. The van der Waals surface area contributed by atoms with E-state index in [2.05, 4.69) is 72.7 Å². The minimum Gasteiger partial charge on any atom is -0.377 e. The van der Waals surface area contributed by atoms with Gasteiger partial charge in [-0.1, -0.05) is 79.2 Å². The molecule has 1 heteroatoms. The van der Waals surface area contributed by atoms with Gasteiger partial charge < -0.3 is 4.74 Å². The maximum absolute atomic E-state index is 5.71. The fourth-order valence-corrected chi connectivity index (χ4v) is 2.82. The van der Waals surface area contributed by atoms with Gasteiger partial charge in [0.1, 0.15) is 0 Å². The molecule has 0 aromatic heterocycles. The van der Waals surface area contributed by atoms with E-state index in [4.69, 9.17) is 4.74 Å². The standard InChI is InChI=1S/C21H36O/c1-8-9-14-22-16-17-10-12-18(13-11-17)19(21(5,6)7)15-20(2,3)4/h10-13,19H,8-9,14-16H2,1-7H3. The van der Waals surface area contributed by atoms with Crippen LogP contribution in [0.2, 0.25) is 0 Å². The van der Waals surface area contributed by atoms with Gasteiger partial charge in [0.25, 0.3) is 0 Å². The van der Waals surface area contributed by atoms with Gasteiger partial charge in [-0.25, -0.2) is 0 Å². The summed E-state index contributed by atoms with van der Waals surface area (Å²) in [7, 11) is 0. The van der Waals surface area contributed by atoms with Crippen molar-refractivity contribution in [3.8, 4) is 0 Å². The first kappa shape index (κ1) is 19.2. The van der Waals surface area contributed by atoms with E-state index < -0.39 is 0 Å². The lowest BCUT2D eigenvalue weighted by molar-refractivity contribution is 0.118. The van der Waals surface area contributed by atoms with Crippen LogP contribution in [0.15, 0.2) is 24.3 Å². The molecule has 0 spiro atoms. The first-order valence-corrected chi connectivity index (χ1v) is 8.80. The molecule has 126 valence electrons. The van der Waals surface area contributed by atoms with Crippen molar-refractivity contribution in [1.29, 1.82) is 0 Å². The van der Waals surface area contributed by atoms with Crippen LogP contribution >= 0.6 is 0 Å². The second kappa shape index (κ2) is 8.15. The molecule has 1 atom stereocenters. The zero-order valence-electron chi connectivity index (χ0n) is 15.8. The van der Waals surface area contributed by atoms with E-state index in [-0.39, 0.29) is 5.41 Å². The van der Waals surface area contributed by atoms with Crippen LogP contribution in [-0.2, 0) is 11.3 Å². The van der Waals surface area contributed by atoms with Gasteiger partial charge in [0.15, 0.2) is 0 Å². The third-order valence-corrected chi connectivity index (χ3v) is 4.15. The quantitative estimate of drug-likeness (QED) is 0.518. The van der Waals surface area contributed by atoms with Gasteiger partial charge in [-0.3, -0.25) is 0 Å². The Morgan fingerprint density at radius 2 is 1.55 bits per heavy atom. The number of hydrogen-bond acceptors (Lipinski definition) is 1. The van der Waals surface area contributed by atoms with E-state index in [9.17, 15) is 0 Å². The summed E-state index contributed by atoms with van der Waals surface area (Å²) < 4.78 is 5.71. The molecular formula is C21H36O. The zero-order chi connectivity index (χ0) is 16.8. The van der Waals surface area contributed by atoms with Crippen LogP contribution in [0.4, 0.5) is 0 Å². The molecule has 0 saturated carbocycles. The average molecular weight is 305 g/mol. The van der Waals surface area contributed by atoms with Crippen molar-refractivity contribution < 1.29 is 4.74 Å². The topological polar surface area (TPSA) is 9.23 Å². The Bertz CT molecular complexity index is 417. The fourth-order valence-electron chi connectivity index (χ4n) is 2.82. The van der Waals surface area contributed by atoms with Gasteiger partial charge in [0.2, 0.25) is 0 Å². The van der Waals surface area contributed by atoms with E-state index in [0.717, 1.165) is 19.6 Å². The zero-order valence-corrected chi connectivity index (χ0v) is 15.8. The summed E-state index contributed by atoms with van der Waals surface area (Å²) >= 11 is 0. The molecule has 0 aliphatic heterocycles. The molecule has 0 fully saturated rings. The van der Waals surface area contributed by atoms with Crippen molar-refractivity contribution in [2.24, 2.45) is 10.8 Å². The highest BCUT2D eigenvalue weighted by Gasteiger charge is 2.30. The van der Waals surface area contributed by atoms with Gasteiger partial charge in [0, 0.05) is 6.61 Å². The summed E-state index contributed by atoms with van der Waals surface area (Å²) in [5.74, 6) is 0.586. The van der Waals surface area contributed by atoms with Crippen molar-refractivity contribution in [3.63, 3.8) is 0 Å². The Labute approximate surface area is 138 Å². The van der Waals surface area contributed by atoms with Crippen LogP contribution < -0.4 is 0 Å². The lowest BCUT2D eigenvalue weighted by Gasteiger charge is -2.36. The summed E-state index contributed by atoms with van der Waals surface area (Å²) in [6, 6.07) is 9.09. The molecular weight excluding hydrogens is 268 g/mol. The summed E-state index contributed by atoms with van der Waals surface area (Å²) in [6.07, 6.45) is 3.55. The van der Waals surface area contributed by atoms with E-state index in [1.165, 1.54) is 24.0 Å². The van der Waals surface area contributed by atoms with Crippen LogP contribution in [0, 0.1) is 10.8 Å². The molecule has 22 heavy (non-hydrogen) atoms. The maximum atomic E-state index is 5.71. The van der Waals surface area contributed by atoms with Crippen molar-refractivity contribution >= 4 is 0 Å². The number of ether oxygens (including phenoxy) is 1. The van der Waals surface area contributed by atoms with Crippen molar-refractivity contribution in [3.05, 3.63) is 35.4 Å². The van der Waals surface area contributed by atoms with Crippen molar-refractivity contribution in [1.82, 2.24) is 0 Å². The Morgan fingerprint density at radius 3 is 2.00 bits per heavy atom. The Morgan fingerprint density at radius 1 is 0.955 bits per heavy atom. The molecule has 0 aliphatic carbocycles. The molecule has 1 aromatic carbocycles. The van der Waals surface area contributed by atoms with Crippen LogP contribution in [0.1, 0.15) is 84.8 Å². The first-order chi connectivity index (χ1) is 10.1. The van der Waals surface area contributed by atoms with Crippen molar-refractivity contribution in [2.75, 3.05) is 6.61 Å². The number of benzene rings is 1. The predicted octanol–water partition coefficient (Wildman–Crippen LogP) is 6.57. The van der Waals surface area contributed by atoms with E-state index in [1.807, 2.05) is 0 Å². The molecule has 1 nitrogen and oxygen atoms in total. The second-order valence-corrected chi connectivity index (χ2v) is 8.83. The van der Waals surface area contributed by atoms with Gasteiger partial charge in [-0.15, -0.1) is 0 Å². The van der Waals surface area contributed by atoms with Gasteiger partial charge >= 0.3 is 0 Å². The predicted molar refractivity (Wildman–Crippen MR) is 97.3 cm³/mol. The van der Waals surface area contributed by atoms with E-state index >= 15 is 0 Å². The summed E-state index contributed by atoms with van der Waals surface area (Å²) in [5, 5.41) is 0. The van der Waals surface area contributed by atoms with Gasteiger partial charge in [-0.05, 0) is 40.7 Å². The Hall–Kier alpha value is -0.820. The van der Waals surface area contributed by atoms with Crippen LogP contribution in [0.5, 0.6) is 0 Å². The number of unbranched alkanes of at least 4 members (excludes halogenated alkanes) is 1.